The highest BCUT2D eigenvalue weighted by Gasteiger charge is 2.28. The summed E-state index contributed by atoms with van der Waals surface area (Å²) in [5.74, 6) is 0.643. The fourth-order valence-corrected chi connectivity index (χ4v) is 2.73. The minimum atomic E-state index is -0.291. The standard InChI is InChI=1S/C10H19N3O2S/c1-7-8(2)16-4-3-13(7)10(15)6-12-9(14)5-11/h7-8H,3-6,11H2,1-2H3,(H,12,14). The monoisotopic (exact) mass is 245 g/mol. The smallest absolute Gasteiger partial charge is 0.242 e. The molecule has 2 atom stereocenters. The van der Waals surface area contributed by atoms with Crippen molar-refractivity contribution in [3.8, 4) is 0 Å². The zero-order chi connectivity index (χ0) is 12.1. The highest BCUT2D eigenvalue weighted by molar-refractivity contribution is 8.00. The Morgan fingerprint density at radius 2 is 2.19 bits per heavy atom. The zero-order valence-electron chi connectivity index (χ0n) is 9.73. The molecule has 5 nitrogen and oxygen atoms in total. The van der Waals surface area contributed by atoms with Crippen LogP contribution >= 0.6 is 11.8 Å². The van der Waals surface area contributed by atoms with Gasteiger partial charge in [0, 0.05) is 23.6 Å². The first-order chi connectivity index (χ1) is 7.56. The highest BCUT2D eigenvalue weighted by atomic mass is 32.2. The van der Waals surface area contributed by atoms with Gasteiger partial charge in [-0.3, -0.25) is 9.59 Å². The van der Waals surface area contributed by atoms with Crippen molar-refractivity contribution in [2.45, 2.75) is 25.1 Å². The van der Waals surface area contributed by atoms with Crippen LogP contribution in [0.1, 0.15) is 13.8 Å². The van der Waals surface area contributed by atoms with Crippen LogP contribution < -0.4 is 11.1 Å². The van der Waals surface area contributed by atoms with Crippen molar-refractivity contribution >= 4 is 23.6 Å². The number of carbonyl (C=O) groups excluding carboxylic acids is 2. The Balaban J connectivity index is 2.43. The maximum absolute atomic E-state index is 11.8. The van der Waals surface area contributed by atoms with Crippen LogP contribution in [0, 0.1) is 0 Å². The molecule has 0 aliphatic carbocycles. The minimum Gasteiger partial charge on any atom is -0.346 e. The normalized spacial score (nSPS) is 25.3. The lowest BCUT2D eigenvalue weighted by atomic mass is 10.2. The average molecular weight is 245 g/mol. The summed E-state index contributed by atoms with van der Waals surface area (Å²) in [6.45, 7) is 4.90. The second-order valence-electron chi connectivity index (χ2n) is 3.88. The van der Waals surface area contributed by atoms with Crippen LogP contribution in [0.25, 0.3) is 0 Å². The number of rotatable bonds is 3. The van der Waals surface area contributed by atoms with E-state index in [2.05, 4.69) is 12.2 Å². The van der Waals surface area contributed by atoms with E-state index in [9.17, 15) is 9.59 Å². The molecule has 1 rings (SSSR count). The van der Waals surface area contributed by atoms with Crippen molar-refractivity contribution in [2.24, 2.45) is 5.73 Å². The van der Waals surface area contributed by atoms with Gasteiger partial charge in [-0.1, -0.05) is 6.92 Å². The molecule has 0 spiro atoms. The average Bonchev–Trinajstić information content (AvgIpc) is 2.29. The van der Waals surface area contributed by atoms with E-state index in [1.54, 1.807) is 0 Å². The summed E-state index contributed by atoms with van der Waals surface area (Å²) in [4.78, 5) is 24.6. The number of nitrogens with two attached hydrogens (primary N) is 1. The summed E-state index contributed by atoms with van der Waals surface area (Å²) in [5, 5.41) is 2.95. The van der Waals surface area contributed by atoms with Crippen molar-refractivity contribution in [1.29, 1.82) is 0 Å². The minimum absolute atomic E-state index is 0.0264. The Bertz CT molecular complexity index is 273. The van der Waals surface area contributed by atoms with Crippen LogP contribution in [0.4, 0.5) is 0 Å². The molecule has 0 aromatic rings. The highest BCUT2D eigenvalue weighted by Crippen LogP contribution is 2.23. The molecular formula is C10H19N3O2S. The molecule has 6 heteroatoms. The van der Waals surface area contributed by atoms with Crippen molar-refractivity contribution in [1.82, 2.24) is 10.2 Å². The van der Waals surface area contributed by atoms with Crippen LogP contribution in [0.5, 0.6) is 0 Å². The predicted molar refractivity (Wildman–Crippen MR) is 65.2 cm³/mol. The second kappa shape index (κ2) is 6.10. The molecule has 1 aliphatic heterocycles. The first-order valence-electron chi connectivity index (χ1n) is 5.44. The van der Waals surface area contributed by atoms with Gasteiger partial charge in [0.1, 0.15) is 0 Å². The van der Waals surface area contributed by atoms with E-state index in [0.717, 1.165) is 12.3 Å². The number of carbonyl (C=O) groups is 2. The van der Waals surface area contributed by atoms with Crippen molar-refractivity contribution in [3.05, 3.63) is 0 Å². The maximum Gasteiger partial charge on any atom is 0.242 e. The van der Waals surface area contributed by atoms with E-state index in [0.29, 0.717) is 5.25 Å². The fourth-order valence-electron chi connectivity index (χ4n) is 1.63. The molecule has 0 bridgehead atoms. The van der Waals surface area contributed by atoms with Gasteiger partial charge in [0.25, 0.3) is 0 Å². The molecule has 1 fully saturated rings. The Hall–Kier alpha value is -0.750. The Morgan fingerprint density at radius 1 is 1.50 bits per heavy atom. The van der Waals surface area contributed by atoms with E-state index in [-0.39, 0.29) is 30.9 Å². The number of thioether (sulfide) groups is 1. The first-order valence-corrected chi connectivity index (χ1v) is 6.49. The van der Waals surface area contributed by atoms with E-state index in [1.165, 1.54) is 0 Å². The lowest BCUT2D eigenvalue weighted by Crippen LogP contribution is -2.51. The van der Waals surface area contributed by atoms with Crippen molar-refractivity contribution < 1.29 is 9.59 Å². The van der Waals surface area contributed by atoms with Gasteiger partial charge in [-0.25, -0.2) is 0 Å². The summed E-state index contributed by atoms with van der Waals surface area (Å²) in [6, 6.07) is 0.223. The van der Waals surface area contributed by atoms with Crippen LogP contribution in [-0.2, 0) is 9.59 Å². The van der Waals surface area contributed by atoms with Crippen LogP contribution in [0.15, 0.2) is 0 Å². The third-order valence-corrected chi connectivity index (χ3v) is 4.16. The van der Waals surface area contributed by atoms with Gasteiger partial charge in [0.15, 0.2) is 0 Å². The van der Waals surface area contributed by atoms with Gasteiger partial charge in [0.05, 0.1) is 13.1 Å². The summed E-state index contributed by atoms with van der Waals surface area (Å²) in [7, 11) is 0. The number of nitrogens with one attached hydrogen (secondary N) is 1. The molecule has 16 heavy (non-hydrogen) atoms. The van der Waals surface area contributed by atoms with Gasteiger partial charge >= 0.3 is 0 Å². The molecular weight excluding hydrogens is 226 g/mol. The summed E-state index contributed by atoms with van der Waals surface area (Å²) >= 11 is 1.87. The summed E-state index contributed by atoms with van der Waals surface area (Å²) < 4.78 is 0. The van der Waals surface area contributed by atoms with Crippen molar-refractivity contribution in [3.63, 3.8) is 0 Å². The van der Waals surface area contributed by atoms with Gasteiger partial charge < -0.3 is 16.0 Å². The van der Waals surface area contributed by atoms with Crippen LogP contribution in [0.2, 0.25) is 0 Å². The van der Waals surface area contributed by atoms with Crippen LogP contribution in [-0.4, -0.2) is 53.4 Å². The Morgan fingerprint density at radius 3 is 2.81 bits per heavy atom. The predicted octanol–water partition coefficient (Wildman–Crippen LogP) is -0.586. The van der Waals surface area contributed by atoms with Crippen molar-refractivity contribution in [2.75, 3.05) is 25.4 Å². The van der Waals surface area contributed by atoms with Gasteiger partial charge in [-0.15, -0.1) is 0 Å². The van der Waals surface area contributed by atoms with Gasteiger partial charge in [0.2, 0.25) is 11.8 Å². The molecule has 1 saturated heterocycles. The number of nitrogens with zero attached hydrogens (tertiary/aromatic N) is 1. The third-order valence-electron chi connectivity index (χ3n) is 2.83. The molecule has 2 amide bonds. The molecule has 92 valence electrons. The molecule has 0 aromatic carbocycles. The molecule has 0 saturated carbocycles. The van der Waals surface area contributed by atoms with E-state index < -0.39 is 0 Å². The Kier molecular flexibility index (Phi) is 5.08. The number of hydrogen-bond donors (Lipinski definition) is 2. The van der Waals surface area contributed by atoms with Gasteiger partial charge in [-0.05, 0) is 6.92 Å². The molecule has 1 heterocycles. The zero-order valence-corrected chi connectivity index (χ0v) is 10.5. The quantitative estimate of drug-likeness (QED) is 0.697. The Labute approximate surface area is 100 Å². The number of hydrogen-bond acceptors (Lipinski definition) is 4. The van der Waals surface area contributed by atoms with E-state index in [1.807, 2.05) is 23.6 Å². The molecule has 1 aliphatic rings. The topological polar surface area (TPSA) is 75.4 Å². The van der Waals surface area contributed by atoms with E-state index >= 15 is 0 Å². The molecule has 0 aromatic heterocycles. The number of amides is 2. The molecule has 2 unspecified atom stereocenters. The van der Waals surface area contributed by atoms with E-state index in [4.69, 9.17) is 5.73 Å². The van der Waals surface area contributed by atoms with Crippen LogP contribution in [0.3, 0.4) is 0 Å². The van der Waals surface area contributed by atoms with Gasteiger partial charge in [-0.2, -0.15) is 11.8 Å². The summed E-state index contributed by atoms with van der Waals surface area (Å²) in [6.07, 6.45) is 0. The third kappa shape index (κ3) is 3.38. The lowest BCUT2D eigenvalue weighted by Gasteiger charge is -2.37. The fraction of sp³-hybridized carbons (Fsp3) is 0.800. The SMILES string of the molecule is CC1SCCN(C(=O)CNC(=O)CN)C1C. The maximum atomic E-state index is 11.8. The summed E-state index contributed by atoms with van der Waals surface area (Å²) in [5.41, 5.74) is 5.15. The molecule has 3 N–H and O–H groups in total. The first kappa shape index (κ1) is 13.3. The molecule has 0 radical (unpaired) electrons. The largest absolute Gasteiger partial charge is 0.346 e. The second-order valence-corrected chi connectivity index (χ2v) is 5.37. The lowest BCUT2D eigenvalue weighted by molar-refractivity contribution is -0.134.